The molecule has 21 heavy (non-hydrogen) atoms. The third-order valence-electron chi connectivity index (χ3n) is 3.49. The van der Waals surface area contributed by atoms with Crippen molar-refractivity contribution in [1.82, 2.24) is 14.7 Å². The van der Waals surface area contributed by atoms with Crippen LogP contribution >= 0.6 is 0 Å². The van der Waals surface area contributed by atoms with Crippen LogP contribution in [0.1, 0.15) is 35.1 Å². The van der Waals surface area contributed by atoms with E-state index < -0.39 is 9.84 Å². The number of nitrogens with one attached hydrogen (secondary N) is 1. The summed E-state index contributed by atoms with van der Waals surface area (Å²) in [7, 11) is -3.08. The molecule has 0 unspecified atom stereocenters. The Balaban J connectivity index is 1.84. The van der Waals surface area contributed by atoms with Gasteiger partial charge in [0.2, 0.25) is 0 Å². The minimum Gasteiger partial charge on any atom is -0.350 e. The molecular formula is C14H17N3O3S. The smallest absolute Gasteiger partial charge is 0.272 e. The van der Waals surface area contributed by atoms with Crippen LogP contribution in [-0.4, -0.2) is 42.3 Å². The summed E-state index contributed by atoms with van der Waals surface area (Å²) in [6.07, 6.45) is 5.26. The van der Waals surface area contributed by atoms with Crippen LogP contribution < -0.4 is 5.32 Å². The number of rotatable bonds is 5. The zero-order valence-electron chi connectivity index (χ0n) is 11.7. The van der Waals surface area contributed by atoms with Crippen molar-refractivity contribution < 1.29 is 13.2 Å². The number of amides is 1. The second kappa shape index (κ2) is 5.14. The topological polar surface area (TPSA) is 80.5 Å². The number of carbonyl (C=O) groups is 1. The summed E-state index contributed by atoms with van der Waals surface area (Å²) < 4.78 is 24.1. The van der Waals surface area contributed by atoms with Gasteiger partial charge in [-0.15, -0.1) is 0 Å². The van der Waals surface area contributed by atoms with Crippen LogP contribution in [0.2, 0.25) is 0 Å². The van der Waals surface area contributed by atoms with Gasteiger partial charge in [0.25, 0.3) is 5.91 Å². The Hall–Kier alpha value is -1.89. The predicted molar refractivity (Wildman–Crippen MR) is 79.2 cm³/mol. The SMILES string of the molecule is CS(=O)(=O)CCNC(=O)c1nc(C2CC2)n2ccccc12. The Morgan fingerprint density at radius 3 is 2.86 bits per heavy atom. The Morgan fingerprint density at radius 2 is 2.19 bits per heavy atom. The zero-order chi connectivity index (χ0) is 15.0. The second-order valence-electron chi connectivity index (χ2n) is 5.43. The van der Waals surface area contributed by atoms with Gasteiger partial charge in [-0.2, -0.15) is 0 Å². The van der Waals surface area contributed by atoms with E-state index in [1.165, 1.54) is 0 Å². The van der Waals surface area contributed by atoms with Gasteiger partial charge in [-0.25, -0.2) is 13.4 Å². The monoisotopic (exact) mass is 307 g/mol. The highest BCUT2D eigenvalue weighted by Crippen LogP contribution is 2.39. The number of pyridine rings is 1. The van der Waals surface area contributed by atoms with Crippen molar-refractivity contribution in [3.63, 3.8) is 0 Å². The summed E-state index contributed by atoms with van der Waals surface area (Å²) in [4.78, 5) is 16.7. The Labute approximate surface area is 123 Å². The van der Waals surface area contributed by atoms with Crippen LogP contribution in [0.3, 0.4) is 0 Å². The van der Waals surface area contributed by atoms with E-state index in [1.54, 1.807) is 0 Å². The van der Waals surface area contributed by atoms with Gasteiger partial charge in [0.05, 0.1) is 11.3 Å². The maximum absolute atomic E-state index is 12.2. The fourth-order valence-electron chi connectivity index (χ4n) is 2.29. The second-order valence-corrected chi connectivity index (χ2v) is 7.69. The van der Waals surface area contributed by atoms with E-state index in [9.17, 15) is 13.2 Å². The molecule has 2 aromatic heterocycles. The molecule has 3 rings (SSSR count). The maximum Gasteiger partial charge on any atom is 0.272 e. The molecule has 1 fully saturated rings. The normalized spacial score (nSPS) is 15.3. The van der Waals surface area contributed by atoms with Gasteiger partial charge >= 0.3 is 0 Å². The number of hydrogen-bond acceptors (Lipinski definition) is 4. The lowest BCUT2D eigenvalue weighted by Gasteiger charge is -2.02. The number of hydrogen-bond donors (Lipinski definition) is 1. The average Bonchev–Trinajstić information content (AvgIpc) is 3.18. The van der Waals surface area contributed by atoms with E-state index in [1.807, 2.05) is 28.8 Å². The molecular weight excluding hydrogens is 290 g/mol. The van der Waals surface area contributed by atoms with Crippen LogP contribution in [0.15, 0.2) is 24.4 Å². The largest absolute Gasteiger partial charge is 0.350 e. The zero-order valence-corrected chi connectivity index (χ0v) is 12.6. The van der Waals surface area contributed by atoms with Crippen LogP contribution in [0, 0.1) is 0 Å². The number of nitrogens with zero attached hydrogens (tertiary/aromatic N) is 2. The molecule has 6 nitrogen and oxygen atoms in total. The average molecular weight is 307 g/mol. The first-order chi connectivity index (χ1) is 9.96. The van der Waals surface area contributed by atoms with Crippen molar-refractivity contribution in [3.8, 4) is 0 Å². The van der Waals surface area contributed by atoms with E-state index in [4.69, 9.17) is 0 Å². The van der Waals surface area contributed by atoms with E-state index in [-0.39, 0.29) is 18.2 Å². The lowest BCUT2D eigenvalue weighted by molar-refractivity contribution is 0.0953. The summed E-state index contributed by atoms with van der Waals surface area (Å²) in [6, 6.07) is 5.62. The van der Waals surface area contributed by atoms with Gasteiger partial charge in [0.1, 0.15) is 15.7 Å². The lowest BCUT2D eigenvalue weighted by atomic mass is 10.3. The molecule has 0 atom stereocenters. The molecule has 0 aliphatic heterocycles. The molecule has 0 spiro atoms. The van der Waals surface area contributed by atoms with Crippen LogP contribution in [0.25, 0.3) is 5.52 Å². The van der Waals surface area contributed by atoms with Gasteiger partial charge in [-0.1, -0.05) is 6.07 Å². The Bertz CT molecular complexity index is 791. The third kappa shape index (κ3) is 3.07. The van der Waals surface area contributed by atoms with Crippen molar-refractivity contribution >= 4 is 21.3 Å². The van der Waals surface area contributed by atoms with Gasteiger partial charge in [-0.3, -0.25) is 4.79 Å². The van der Waals surface area contributed by atoms with Crippen LogP contribution in [0.4, 0.5) is 0 Å². The maximum atomic E-state index is 12.2. The summed E-state index contributed by atoms with van der Waals surface area (Å²) in [5, 5.41) is 2.63. The first kappa shape index (κ1) is 14.1. The highest BCUT2D eigenvalue weighted by Gasteiger charge is 2.30. The van der Waals surface area contributed by atoms with Crippen molar-refractivity contribution in [3.05, 3.63) is 35.9 Å². The molecule has 112 valence electrons. The summed E-state index contributed by atoms with van der Waals surface area (Å²) in [6.45, 7) is 0.0995. The molecule has 1 aliphatic rings. The molecule has 0 bridgehead atoms. The summed E-state index contributed by atoms with van der Waals surface area (Å²) >= 11 is 0. The molecule has 2 heterocycles. The van der Waals surface area contributed by atoms with E-state index in [2.05, 4.69) is 10.3 Å². The molecule has 7 heteroatoms. The minimum atomic E-state index is -3.08. The summed E-state index contributed by atoms with van der Waals surface area (Å²) in [5.74, 6) is 0.950. The molecule has 0 aromatic carbocycles. The Kier molecular flexibility index (Phi) is 3.44. The number of sulfone groups is 1. The highest BCUT2D eigenvalue weighted by atomic mass is 32.2. The van der Waals surface area contributed by atoms with Crippen molar-refractivity contribution in [2.24, 2.45) is 0 Å². The van der Waals surface area contributed by atoms with Gasteiger partial charge in [0, 0.05) is 24.9 Å². The predicted octanol–water partition coefficient (Wildman–Crippen LogP) is 0.986. The molecule has 0 radical (unpaired) electrons. The molecule has 0 saturated heterocycles. The Morgan fingerprint density at radius 1 is 1.43 bits per heavy atom. The number of aromatic nitrogens is 2. The van der Waals surface area contributed by atoms with Gasteiger partial charge in [0.15, 0.2) is 5.69 Å². The first-order valence-corrected chi connectivity index (χ1v) is 8.94. The fraction of sp³-hybridized carbons (Fsp3) is 0.429. The van der Waals surface area contributed by atoms with Crippen LogP contribution in [0.5, 0.6) is 0 Å². The van der Waals surface area contributed by atoms with E-state index in [0.29, 0.717) is 11.6 Å². The quantitative estimate of drug-likeness (QED) is 0.893. The van der Waals surface area contributed by atoms with E-state index in [0.717, 1.165) is 30.4 Å². The van der Waals surface area contributed by atoms with Crippen molar-refractivity contribution in [2.75, 3.05) is 18.6 Å². The van der Waals surface area contributed by atoms with Gasteiger partial charge in [-0.05, 0) is 25.0 Å². The molecule has 2 aromatic rings. The van der Waals surface area contributed by atoms with Crippen molar-refractivity contribution in [2.45, 2.75) is 18.8 Å². The lowest BCUT2D eigenvalue weighted by Crippen LogP contribution is -2.29. The molecule has 1 N–H and O–H groups in total. The van der Waals surface area contributed by atoms with E-state index >= 15 is 0 Å². The number of carbonyl (C=O) groups excluding carboxylic acids is 1. The highest BCUT2D eigenvalue weighted by molar-refractivity contribution is 7.90. The standard InChI is InChI=1S/C14H17N3O3S/c1-21(19,20)9-7-15-14(18)12-11-4-2-3-8-17(11)13(16-12)10-5-6-10/h2-4,8,10H,5-7,9H2,1H3,(H,15,18). The van der Waals surface area contributed by atoms with Crippen molar-refractivity contribution in [1.29, 1.82) is 0 Å². The number of fused-ring (bicyclic) bond motifs is 1. The number of imidazole rings is 1. The molecule has 1 saturated carbocycles. The van der Waals surface area contributed by atoms with Gasteiger partial charge < -0.3 is 9.72 Å². The first-order valence-electron chi connectivity index (χ1n) is 6.88. The summed E-state index contributed by atoms with van der Waals surface area (Å²) in [5.41, 5.74) is 1.13. The fourth-order valence-corrected chi connectivity index (χ4v) is 2.76. The van der Waals surface area contributed by atoms with Crippen LogP contribution in [-0.2, 0) is 9.84 Å². The molecule has 1 aliphatic carbocycles. The third-order valence-corrected chi connectivity index (χ3v) is 4.44. The molecule has 1 amide bonds. The minimum absolute atomic E-state index is 0.0694.